The van der Waals surface area contributed by atoms with Gasteiger partial charge < -0.3 is 15.2 Å². The van der Waals surface area contributed by atoms with Crippen molar-refractivity contribution in [1.29, 1.82) is 0 Å². The van der Waals surface area contributed by atoms with Gasteiger partial charge in [0.15, 0.2) is 0 Å². The molecular formula is C22H25BrN4O. The fourth-order valence-corrected chi connectivity index (χ4v) is 4.11. The van der Waals surface area contributed by atoms with E-state index in [1.54, 1.807) is 0 Å². The van der Waals surface area contributed by atoms with Crippen LogP contribution in [0.2, 0.25) is 0 Å². The molecule has 0 bridgehead atoms. The van der Waals surface area contributed by atoms with E-state index >= 15 is 0 Å². The average Bonchev–Trinajstić information content (AvgIpc) is 2.96. The molecule has 4 rings (SSSR count). The van der Waals surface area contributed by atoms with Crippen LogP contribution < -0.4 is 10.2 Å². The van der Waals surface area contributed by atoms with Crippen LogP contribution in [0, 0.1) is 6.92 Å². The molecule has 1 aromatic carbocycles. The number of aromatic nitrogens is 2. The minimum absolute atomic E-state index is 0.0974. The third kappa shape index (κ3) is 4.07. The van der Waals surface area contributed by atoms with Crippen molar-refractivity contribution in [3.8, 4) is 0 Å². The summed E-state index contributed by atoms with van der Waals surface area (Å²) in [5, 5.41) is 4.09. The molecule has 0 aliphatic carbocycles. The number of halogens is 1. The van der Waals surface area contributed by atoms with Gasteiger partial charge in [0.2, 0.25) is 0 Å². The largest absolute Gasteiger partial charge is 0.357 e. The molecule has 2 N–H and O–H groups in total. The van der Waals surface area contributed by atoms with Crippen molar-refractivity contribution in [2.75, 3.05) is 18.0 Å². The SMILES string of the molecule is Cc1c(Br)ccc2[nH]c(C(=O)NCc3ccnc(N4CCCCCC4)c3)cc12. The van der Waals surface area contributed by atoms with Crippen LogP contribution in [0.25, 0.3) is 10.9 Å². The van der Waals surface area contributed by atoms with Crippen molar-refractivity contribution in [3.05, 3.63) is 57.8 Å². The Balaban J connectivity index is 1.45. The van der Waals surface area contributed by atoms with Gasteiger partial charge in [-0.15, -0.1) is 0 Å². The Labute approximate surface area is 173 Å². The summed E-state index contributed by atoms with van der Waals surface area (Å²) in [6.45, 7) is 4.66. The number of nitrogens with one attached hydrogen (secondary N) is 2. The first-order chi connectivity index (χ1) is 13.6. The van der Waals surface area contributed by atoms with Gasteiger partial charge in [0, 0.05) is 41.2 Å². The molecule has 6 heteroatoms. The number of carbonyl (C=O) groups excluding carboxylic acids is 1. The quantitative estimate of drug-likeness (QED) is 0.603. The first kappa shape index (κ1) is 19.0. The summed E-state index contributed by atoms with van der Waals surface area (Å²) in [6, 6.07) is 9.96. The minimum atomic E-state index is -0.0974. The number of fused-ring (bicyclic) bond motifs is 1. The molecular weight excluding hydrogens is 416 g/mol. The predicted octanol–water partition coefficient (Wildman–Crippen LogP) is 4.94. The molecule has 1 amide bonds. The van der Waals surface area contributed by atoms with Gasteiger partial charge in [-0.3, -0.25) is 4.79 Å². The van der Waals surface area contributed by atoms with E-state index in [0.29, 0.717) is 12.2 Å². The van der Waals surface area contributed by atoms with Crippen LogP contribution in [0.1, 0.15) is 47.3 Å². The van der Waals surface area contributed by atoms with Crippen LogP contribution in [0.3, 0.4) is 0 Å². The lowest BCUT2D eigenvalue weighted by Gasteiger charge is -2.21. The second-order valence-electron chi connectivity index (χ2n) is 7.42. The zero-order valence-corrected chi connectivity index (χ0v) is 17.7. The molecule has 0 spiro atoms. The Bertz CT molecular complexity index is 989. The molecule has 3 aromatic rings. The topological polar surface area (TPSA) is 61.0 Å². The van der Waals surface area contributed by atoms with Gasteiger partial charge in [0.05, 0.1) is 0 Å². The van der Waals surface area contributed by atoms with Gasteiger partial charge >= 0.3 is 0 Å². The summed E-state index contributed by atoms with van der Waals surface area (Å²) < 4.78 is 1.05. The monoisotopic (exact) mass is 440 g/mol. The second-order valence-corrected chi connectivity index (χ2v) is 8.28. The number of rotatable bonds is 4. The number of nitrogens with zero attached hydrogens (tertiary/aromatic N) is 2. The van der Waals surface area contributed by atoms with E-state index < -0.39 is 0 Å². The zero-order chi connectivity index (χ0) is 19.5. The molecule has 0 saturated carbocycles. The smallest absolute Gasteiger partial charge is 0.267 e. The third-order valence-electron chi connectivity index (χ3n) is 5.44. The lowest BCUT2D eigenvalue weighted by molar-refractivity contribution is 0.0946. The minimum Gasteiger partial charge on any atom is -0.357 e. The van der Waals surface area contributed by atoms with Gasteiger partial charge in [-0.1, -0.05) is 28.8 Å². The van der Waals surface area contributed by atoms with E-state index in [1.165, 1.54) is 25.7 Å². The van der Waals surface area contributed by atoms with Crippen LogP contribution in [-0.2, 0) is 6.54 Å². The van der Waals surface area contributed by atoms with Crippen LogP contribution in [0.15, 0.2) is 41.0 Å². The van der Waals surface area contributed by atoms with Crippen molar-refractivity contribution in [2.24, 2.45) is 0 Å². The molecule has 1 aliphatic rings. The van der Waals surface area contributed by atoms with E-state index in [1.807, 2.05) is 37.4 Å². The van der Waals surface area contributed by atoms with Gasteiger partial charge in [-0.05, 0) is 61.2 Å². The van der Waals surface area contributed by atoms with Crippen LogP contribution >= 0.6 is 15.9 Å². The number of hydrogen-bond donors (Lipinski definition) is 2. The molecule has 1 saturated heterocycles. The van der Waals surface area contributed by atoms with E-state index in [0.717, 1.165) is 45.4 Å². The highest BCUT2D eigenvalue weighted by Gasteiger charge is 2.14. The Morgan fingerprint density at radius 2 is 1.96 bits per heavy atom. The summed E-state index contributed by atoms with van der Waals surface area (Å²) in [7, 11) is 0. The molecule has 146 valence electrons. The van der Waals surface area contributed by atoms with Gasteiger partial charge in [-0.2, -0.15) is 0 Å². The highest BCUT2D eigenvalue weighted by atomic mass is 79.9. The fourth-order valence-electron chi connectivity index (χ4n) is 3.77. The van der Waals surface area contributed by atoms with Gasteiger partial charge in [-0.25, -0.2) is 4.98 Å². The summed E-state index contributed by atoms with van der Waals surface area (Å²) >= 11 is 3.54. The van der Waals surface area contributed by atoms with Crippen molar-refractivity contribution in [2.45, 2.75) is 39.2 Å². The Morgan fingerprint density at radius 3 is 2.75 bits per heavy atom. The number of pyridine rings is 1. The zero-order valence-electron chi connectivity index (χ0n) is 16.1. The highest BCUT2D eigenvalue weighted by Crippen LogP contribution is 2.26. The number of anilines is 1. The Morgan fingerprint density at radius 1 is 1.18 bits per heavy atom. The lowest BCUT2D eigenvalue weighted by Crippen LogP contribution is -2.26. The maximum Gasteiger partial charge on any atom is 0.267 e. The maximum absolute atomic E-state index is 12.6. The summed E-state index contributed by atoms with van der Waals surface area (Å²) in [6.07, 6.45) is 6.88. The van der Waals surface area contributed by atoms with Crippen molar-refractivity contribution >= 4 is 38.6 Å². The van der Waals surface area contributed by atoms with Crippen molar-refractivity contribution in [3.63, 3.8) is 0 Å². The number of aryl methyl sites for hydroxylation is 1. The number of amides is 1. The van der Waals surface area contributed by atoms with Crippen LogP contribution in [-0.4, -0.2) is 29.0 Å². The van der Waals surface area contributed by atoms with E-state index in [4.69, 9.17) is 0 Å². The molecule has 5 nitrogen and oxygen atoms in total. The number of aromatic amines is 1. The van der Waals surface area contributed by atoms with E-state index in [-0.39, 0.29) is 5.91 Å². The van der Waals surface area contributed by atoms with Crippen molar-refractivity contribution < 1.29 is 4.79 Å². The van der Waals surface area contributed by atoms with Crippen molar-refractivity contribution in [1.82, 2.24) is 15.3 Å². The lowest BCUT2D eigenvalue weighted by atomic mass is 10.1. The highest BCUT2D eigenvalue weighted by molar-refractivity contribution is 9.10. The maximum atomic E-state index is 12.6. The van der Waals surface area contributed by atoms with Gasteiger partial charge in [0.1, 0.15) is 11.5 Å². The first-order valence-corrected chi connectivity index (χ1v) is 10.7. The third-order valence-corrected chi connectivity index (χ3v) is 6.30. The number of H-pyrrole nitrogens is 1. The average molecular weight is 441 g/mol. The summed E-state index contributed by atoms with van der Waals surface area (Å²) in [4.78, 5) is 22.7. The fraction of sp³-hybridized carbons (Fsp3) is 0.364. The van der Waals surface area contributed by atoms with Gasteiger partial charge in [0.25, 0.3) is 5.91 Å². The van der Waals surface area contributed by atoms with E-state index in [2.05, 4.69) is 42.2 Å². The Kier molecular flexibility index (Phi) is 5.67. The number of hydrogen-bond acceptors (Lipinski definition) is 3. The molecule has 0 unspecified atom stereocenters. The molecule has 2 aromatic heterocycles. The second kappa shape index (κ2) is 8.35. The first-order valence-electron chi connectivity index (χ1n) is 9.88. The number of carbonyl (C=O) groups is 1. The van der Waals surface area contributed by atoms with Crippen LogP contribution in [0.5, 0.6) is 0 Å². The molecule has 28 heavy (non-hydrogen) atoms. The number of benzene rings is 1. The predicted molar refractivity (Wildman–Crippen MR) is 117 cm³/mol. The summed E-state index contributed by atoms with van der Waals surface area (Å²) in [5.41, 5.74) is 3.75. The molecule has 1 aliphatic heterocycles. The molecule has 0 radical (unpaired) electrons. The molecule has 0 atom stereocenters. The molecule has 3 heterocycles. The normalized spacial score (nSPS) is 14.9. The van der Waals surface area contributed by atoms with E-state index in [9.17, 15) is 4.79 Å². The van der Waals surface area contributed by atoms with Crippen LogP contribution in [0.4, 0.5) is 5.82 Å². The standard InChI is InChI=1S/C22H25BrN4O/c1-15-17-13-20(26-19(17)7-6-18(15)23)22(28)25-14-16-8-9-24-21(12-16)27-10-4-2-3-5-11-27/h6-9,12-13,26H,2-5,10-11,14H2,1H3,(H,25,28). The Hall–Kier alpha value is -2.34. The molecule has 1 fully saturated rings. The summed E-state index contributed by atoms with van der Waals surface area (Å²) in [5.74, 6) is 0.916.